The van der Waals surface area contributed by atoms with Gasteiger partial charge >= 0.3 is 6.09 Å². The van der Waals surface area contributed by atoms with Gasteiger partial charge in [0.05, 0.1) is 6.04 Å². The van der Waals surface area contributed by atoms with Gasteiger partial charge in [-0.25, -0.2) is 4.79 Å². The first kappa shape index (κ1) is 11.8. The van der Waals surface area contributed by atoms with Crippen LogP contribution in [0.1, 0.15) is 33.6 Å². The summed E-state index contributed by atoms with van der Waals surface area (Å²) in [6, 6.07) is -0.0162. The van der Waals surface area contributed by atoms with Gasteiger partial charge in [0.2, 0.25) is 5.91 Å². The molecule has 0 bridgehead atoms. The fourth-order valence-corrected chi connectivity index (χ4v) is 1.33. The van der Waals surface area contributed by atoms with Crippen LogP contribution in [0.15, 0.2) is 0 Å². The third-order valence-corrected chi connectivity index (χ3v) is 1.99. The van der Waals surface area contributed by atoms with E-state index in [-0.39, 0.29) is 11.9 Å². The second kappa shape index (κ2) is 4.51. The molecule has 1 rings (SSSR count). The molecule has 0 saturated carbocycles. The van der Waals surface area contributed by atoms with Crippen LogP contribution in [0.25, 0.3) is 0 Å². The summed E-state index contributed by atoms with van der Waals surface area (Å²) in [6.07, 6.45) is 0.703. The van der Waals surface area contributed by atoms with E-state index >= 15 is 0 Å². The van der Waals surface area contributed by atoms with Crippen LogP contribution in [0.2, 0.25) is 0 Å². The Balaban J connectivity index is 2.29. The maximum atomic E-state index is 11.4. The summed E-state index contributed by atoms with van der Waals surface area (Å²) >= 11 is 0. The van der Waals surface area contributed by atoms with Gasteiger partial charge in [-0.2, -0.15) is 0 Å². The number of nitrogens with one attached hydrogen (secondary N) is 2. The Labute approximate surface area is 89.6 Å². The standard InChI is InChI=1S/C10H18N2O3/c1-10(2,3)15-9(14)12-7-4-5-8(13)11-6-7/h7H,4-6H2,1-3H3,(H,11,13)(H,12,14). The molecule has 86 valence electrons. The topological polar surface area (TPSA) is 67.4 Å². The van der Waals surface area contributed by atoms with Gasteiger partial charge in [0.25, 0.3) is 0 Å². The van der Waals surface area contributed by atoms with Crippen LogP contribution in [-0.2, 0) is 9.53 Å². The van der Waals surface area contributed by atoms with Crippen LogP contribution >= 0.6 is 0 Å². The van der Waals surface area contributed by atoms with Gasteiger partial charge in [0.1, 0.15) is 5.60 Å². The number of piperidine rings is 1. The molecular formula is C10H18N2O3. The zero-order chi connectivity index (χ0) is 11.5. The zero-order valence-electron chi connectivity index (χ0n) is 9.42. The molecule has 5 nitrogen and oxygen atoms in total. The van der Waals surface area contributed by atoms with Gasteiger partial charge in [-0.3, -0.25) is 4.79 Å². The summed E-state index contributed by atoms with van der Waals surface area (Å²) in [5, 5.41) is 5.41. The largest absolute Gasteiger partial charge is 0.444 e. The van der Waals surface area contributed by atoms with Crippen LogP contribution in [0.4, 0.5) is 4.79 Å². The molecule has 0 aromatic heterocycles. The summed E-state index contributed by atoms with van der Waals surface area (Å²) in [7, 11) is 0. The van der Waals surface area contributed by atoms with Crippen LogP contribution in [0.5, 0.6) is 0 Å². The van der Waals surface area contributed by atoms with Crippen molar-refractivity contribution in [2.75, 3.05) is 6.54 Å². The Bertz CT molecular complexity index is 248. The molecule has 1 aliphatic heterocycles. The molecule has 5 heteroatoms. The van der Waals surface area contributed by atoms with Gasteiger partial charge in [0.15, 0.2) is 0 Å². The number of hydrogen-bond acceptors (Lipinski definition) is 3. The molecule has 0 spiro atoms. The van der Waals surface area contributed by atoms with Crippen molar-refractivity contribution in [3.63, 3.8) is 0 Å². The minimum absolute atomic E-state index is 0.0162. The number of alkyl carbamates (subject to hydrolysis) is 1. The fraction of sp³-hybridized carbons (Fsp3) is 0.800. The molecule has 2 amide bonds. The number of hydrogen-bond donors (Lipinski definition) is 2. The number of ether oxygens (including phenoxy) is 1. The maximum absolute atomic E-state index is 11.4. The van der Waals surface area contributed by atoms with Gasteiger partial charge in [-0.05, 0) is 27.2 Å². The number of carbonyl (C=O) groups excluding carboxylic acids is 2. The molecule has 0 aliphatic carbocycles. The van der Waals surface area contributed by atoms with Crippen LogP contribution < -0.4 is 10.6 Å². The monoisotopic (exact) mass is 214 g/mol. The highest BCUT2D eigenvalue weighted by molar-refractivity contribution is 5.77. The van der Waals surface area contributed by atoms with E-state index < -0.39 is 11.7 Å². The van der Waals surface area contributed by atoms with Crippen molar-refractivity contribution < 1.29 is 14.3 Å². The van der Waals surface area contributed by atoms with Crippen molar-refractivity contribution in [2.45, 2.75) is 45.3 Å². The maximum Gasteiger partial charge on any atom is 0.407 e. The lowest BCUT2D eigenvalue weighted by Crippen LogP contribution is -2.48. The lowest BCUT2D eigenvalue weighted by molar-refractivity contribution is -0.122. The Morgan fingerprint density at radius 3 is 2.67 bits per heavy atom. The summed E-state index contributed by atoms with van der Waals surface area (Å²) in [5.41, 5.74) is -0.484. The molecule has 1 atom stereocenters. The molecule has 1 saturated heterocycles. The minimum Gasteiger partial charge on any atom is -0.444 e. The molecule has 0 radical (unpaired) electrons. The number of carbonyl (C=O) groups is 2. The van der Waals surface area contributed by atoms with Gasteiger partial charge in [-0.15, -0.1) is 0 Å². The predicted octanol–water partition coefficient (Wildman–Crippen LogP) is 0.790. The second-order valence-electron chi connectivity index (χ2n) is 4.69. The van der Waals surface area contributed by atoms with E-state index in [2.05, 4.69) is 10.6 Å². The van der Waals surface area contributed by atoms with Crippen molar-refractivity contribution in [3.05, 3.63) is 0 Å². The van der Waals surface area contributed by atoms with E-state index in [1.165, 1.54) is 0 Å². The summed E-state index contributed by atoms with van der Waals surface area (Å²) < 4.78 is 5.10. The molecule has 1 heterocycles. The summed E-state index contributed by atoms with van der Waals surface area (Å²) in [5.74, 6) is 0.0391. The van der Waals surface area contributed by atoms with E-state index in [0.717, 1.165) is 0 Å². The van der Waals surface area contributed by atoms with Crippen molar-refractivity contribution in [3.8, 4) is 0 Å². The van der Waals surface area contributed by atoms with Crippen LogP contribution in [0.3, 0.4) is 0 Å². The predicted molar refractivity (Wildman–Crippen MR) is 55.4 cm³/mol. The van der Waals surface area contributed by atoms with Gasteiger partial charge in [0, 0.05) is 13.0 Å². The molecule has 1 fully saturated rings. The third-order valence-electron chi connectivity index (χ3n) is 1.99. The van der Waals surface area contributed by atoms with Crippen molar-refractivity contribution in [1.82, 2.24) is 10.6 Å². The SMILES string of the molecule is CC(C)(C)OC(=O)NC1CCC(=O)NC1. The summed E-state index contributed by atoms with van der Waals surface area (Å²) in [6.45, 7) is 5.93. The van der Waals surface area contributed by atoms with Crippen molar-refractivity contribution in [2.24, 2.45) is 0 Å². The Kier molecular flexibility index (Phi) is 3.55. The van der Waals surface area contributed by atoms with E-state index in [9.17, 15) is 9.59 Å². The molecule has 1 aliphatic rings. The van der Waals surface area contributed by atoms with Crippen molar-refractivity contribution in [1.29, 1.82) is 0 Å². The lowest BCUT2D eigenvalue weighted by atomic mass is 10.1. The Morgan fingerprint density at radius 1 is 1.53 bits per heavy atom. The normalized spacial score (nSPS) is 21.8. The fourth-order valence-electron chi connectivity index (χ4n) is 1.33. The minimum atomic E-state index is -0.484. The highest BCUT2D eigenvalue weighted by atomic mass is 16.6. The first-order valence-corrected chi connectivity index (χ1v) is 5.13. The van der Waals surface area contributed by atoms with Crippen LogP contribution in [0, 0.1) is 0 Å². The molecule has 1 unspecified atom stereocenters. The average molecular weight is 214 g/mol. The highest BCUT2D eigenvalue weighted by Gasteiger charge is 2.22. The smallest absolute Gasteiger partial charge is 0.407 e. The zero-order valence-corrected chi connectivity index (χ0v) is 9.42. The summed E-state index contributed by atoms with van der Waals surface area (Å²) in [4.78, 5) is 22.2. The second-order valence-corrected chi connectivity index (χ2v) is 4.69. The van der Waals surface area contributed by atoms with Crippen LogP contribution in [-0.4, -0.2) is 30.2 Å². The molecule has 2 N–H and O–H groups in total. The number of rotatable bonds is 1. The molecule has 15 heavy (non-hydrogen) atoms. The van der Waals surface area contributed by atoms with Crippen molar-refractivity contribution >= 4 is 12.0 Å². The van der Waals surface area contributed by atoms with Gasteiger partial charge in [-0.1, -0.05) is 0 Å². The van der Waals surface area contributed by atoms with E-state index in [1.807, 2.05) is 20.8 Å². The Hall–Kier alpha value is -1.26. The first-order chi connectivity index (χ1) is 6.87. The van der Waals surface area contributed by atoms with E-state index in [0.29, 0.717) is 19.4 Å². The van der Waals surface area contributed by atoms with E-state index in [1.54, 1.807) is 0 Å². The lowest BCUT2D eigenvalue weighted by Gasteiger charge is -2.26. The van der Waals surface area contributed by atoms with Gasteiger partial charge < -0.3 is 15.4 Å². The Morgan fingerprint density at radius 2 is 2.20 bits per heavy atom. The highest BCUT2D eigenvalue weighted by Crippen LogP contribution is 2.08. The third kappa shape index (κ3) is 4.67. The molecule has 0 aromatic rings. The number of amides is 2. The quantitative estimate of drug-likeness (QED) is 0.678. The van der Waals surface area contributed by atoms with E-state index in [4.69, 9.17) is 4.74 Å². The molecular weight excluding hydrogens is 196 g/mol. The first-order valence-electron chi connectivity index (χ1n) is 5.13. The molecule has 0 aromatic carbocycles. The average Bonchev–Trinajstić information content (AvgIpc) is 2.05.